The number of methoxy groups -OCH3 is 1. The number of carbonyl (C=O) groups is 2. The summed E-state index contributed by atoms with van der Waals surface area (Å²) in [5.74, 6) is 0.0712. The Morgan fingerprint density at radius 3 is 2.53 bits per heavy atom. The van der Waals surface area contributed by atoms with Crippen molar-refractivity contribution in [2.45, 2.75) is 26.8 Å². The number of hydrogen-bond acceptors (Lipinski definition) is 5. The second kappa shape index (κ2) is 11.2. The first kappa shape index (κ1) is 23.2. The van der Waals surface area contributed by atoms with Gasteiger partial charge in [0.1, 0.15) is 6.04 Å². The average molecular weight is 432 g/mol. The number of carbonyl (C=O) groups excluding carboxylic acids is 2. The lowest BCUT2D eigenvalue weighted by atomic mass is 10.0. The summed E-state index contributed by atoms with van der Waals surface area (Å²) in [6.07, 6.45) is 1.47. The first-order chi connectivity index (χ1) is 14.4. The van der Waals surface area contributed by atoms with Crippen LogP contribution < -0.4 is 20.2 Å². The molecule has 0 spiro atoms. The van der Waals surface area contributed by atoms with Gasteiger partial charge in [-0.05, 0) is 37.1 Å². The molecule has 7 nitrogen and oxygen atoms in total. The Kier molecular flexibility index (Phi) is 8.68. The van der Waals surface area contributed by atoms with Crippen LogP contribution in [0.3, 0.4) is 0 Å². The monoisotopic (exact) mass is 431 g/mol. The van der Waals surface area contributed by atoms with Crippen molar-refractivity contribution in [1.29, 1.82) is 0 Å². The molecule has 2 aromatic carbocycles. The number of para-hydroxylation sites is 1. The van der Waals surface area contributed by atoms with Crippen molar-refractivity contribution in [2.24, 2.45) is 11.0 Å². The normalized spacial score (nSPS) is 11.9. The molecule has 0 aliphatic carbocycles. The van der Waals surface area contributed by atoms with Crippen LogP contribution in [-0.4, -0.2) is 37.8 Å². The van der Waals surface area contributed by atoms with E-state index in [-0.39, 0.29) is 5.92 Å². The highest BCUT2D eigenvalue weighted by Crippen LogP contribution is 2.29. The Bertz CT molecular complexity index is 915. The maximum absolute atomic E-state index is 12.6. The van der Waals surface area contributed by atoms with Crippen LogP contribution in [0.25, 0.3) is 0 Å². The Labute approximate surface area is 181 Å². The van der Waals surface area contributed by atoms with Crippen molar-refractivity contribution in [3.63, 3.8) is 0 Å². The lowest BCUT2D eigenvalue weighted by Crippen LogP contribution is -2.48. The minimum absolute atomic E-state index is 0.164. The van der Waals surface area contributed by atoms with Crippen molar-refractivity contribution in [1.82, 2.24) is 10.7 Å². The highest BCUT2D eigenvalue weighted by atomic mass is 35.5. The van der Waals surface area contributed by atoms with E-state index in [1.165, 1.54) is 6.21 Å². The first-order valence-corrected chi connectivity index (χ1v) is 9.94. The summed E-state index contributed by atoms with van der Waals surface area (Å²) >= 11 is 6.07. The molecule has 0 fully saturated rings. The molecule has 0 heterocycles. The largest absolute Gasteiger partial charge is 0.493 e. The second-order valence-corrected chi connectivity index (χ2v) is 7.13. The summed E-state index contributed by atoms with van der Waals surface area (Å²) in [5.41, 5.74) is 3.43. The van der Waals surface area contributed by atoms with Gasteiger partial charge in [-0.3, -0.25) is 9.59 Å². The minimum atomic E-state index is -0.789. The third-order valence-corrected chi connectivity index (χ3v) is 4.58. The number of nitrogens with zero attached hydrogens (tertiary/aromatic N) is 1. The number of hydrazone groups is 1. The number of halogens is 1. The number of amides is 2. The van der Waals surface area contributed by atoms with Crippen molar-refractivity contribution >= 4 is 29.6 Å². The minimum Gasteiger partial charge on any atom is -0.493 e. The second-order valence-electron chi connectivity index (χ2n) is 6.72. The van der Waals surface area contributed by atoms with E-state index in [4.69, 9.17) is 21.1 Å². The van der Waals surface area contributed by atoms with Crippen LogP contribution in [0, 0.1) is 5.92 Å². The third kappa shape index (κ3) is 5.97. The molecular weight excluding hydrogens is 406 g/mol. The highest BCUT2D eigenvalue weighted by Gasteiger charge is 2.25. The standard InChI is InChI=1S/C22H26ClN3O4/c1-5-30-20-15(9-8-12-18(20)29-4)13-24-26-22(28)19(14(2)3)25-21(27)16-10-6-7-11-17(16)23/h6-14,19H,5H2,1-4H3,(H,25,27)(H,26,28). The Hall–Kier alpha value is -3.06. The number of benzene rings is 2. The number of hydrogen-bond donors (Lipinski definition) is 2. The van der Waals surface area contributed by atoms with Crippen LogP contribution >= 0.6 is 11.6 Å². The molecule has 2 aromatic rings. The third-order valence-electron chi connectivity index (χ3n) is 4.25. The summed E-state index contributed by atoms with van der Waals surface area (Å²) in [6.45, 7) is 5.98. The van der Waals surface area contributed by atoms with Crippen LogP contribution in [0.4, 0.5) is 0 Å². The molecule has 0 radical (unpaired) electrons. The molecule has 2 rings (SSSR count). The topological polar surface area (TPSA) is 89.0 Å². The molecule has 0 bridgehead atoms. The fourth-order valence-electron chi connectivity index (χ4n) is 2.73. The lowest BCUT2D eigenvalue weighted by molar-refractivity contribution is -0.123. The summed E-state index contributed by atoms with van der Waals surface area (Å²) in [5, 5.41) is 7.06. The molecule has 8 heteroatoms. The van der Waals surface area contributed by atoms with E-state index in [9.17, 15) is 9.59 Å². The van der Waals surface area contributed by atoms with Crippen molar-refractivity contribution in [2.75, 3.05) is 13.7 Å². The van der Waals surface area contributed by atoms with E-state index >= 15 is 0 Å². The molecule has 1 unspecified atom stereocenters. The van der Waals surface area contributed by atoms with Crippen molar-refractivity contribution < 1.29 is 19.1 Å². The molecule has 0 aromatic heterocycles. The zero-order valence-electron chi connectivity index (χ0n) is 17.4. The average Bonchev–Trinajstić information content (AvgIpc) is 2.73. The first-order valence-electron chi connectivity index (χ1n) is 9.57. The number of nitrogens with one attached hydrogen (secondary N) is 2. The SMILES string of the molecule is CCOc1c(C=NNC(=O)C(NC(=O)c2ccccc2Cl)C(C)C)cccc1OC. The molecular formula is C22H26ClN3O4. The maximum atomic E-state index is 12.6. The fourth-order valence-corrected chi connectivity index (χ4v) is 2.95. The molecule has 0 saturated heterocycles. The highest BCUT2D eigenvalue weighted by molar-refractivity contribution is 6.33. The summed E-state index contributed by atoms with van der Waals surface area (Å²) in [7, 11) is 1.55. The zero-order chi connectivity index (χ0) is 22.1. The van der Waals surface area contributed by atoms with Gasteiger partial charge < -0.3 is 14.8 Å². The maximum Gasteiger partial charge on any atom is 0.262 e. The van der Waals surface area contributed by atoms with E-state index < -0.39 is 17.9 Å². The lowest BCUT2D eigenvalue weighted by Gasteiger charge is -2.20. The summed E-state index contributed by atoms with van der Waals surface area (Å²) < 4.78 is 10.9. The van der Waals surface area contributed by atoms with Crippen LogP contribution in [0.5, 0.6) is 11.5 Å². The van der Waals surface area contributed by atoms with Gasteiger partial charge in [-0.15, -0.1) is 0 Å². The van der Waals surface area contributed by atoms with Gasteiger partial charge in [-0.25, -0.2) is 5.43 Å². The van der Waals surface area contributed by atoms with E-state index in [0.29, 0.717) is 34.3 Å². The van der Waals surface area contributed by atoms with Gasteiger partial charge in [0.25, 0.3) is 11.8 Å². The molecule has 30 heavy (non-hydrogen) atoms. The van der Waals surface area contributed by atoms with E-state index in [1.807, 2.05) is 20.8 Å². The van der Waals surface area contributed by atoms with E-state index in [2.05, 4.69) is 15.8 Å². The molecule has 0 saturated carbocycles. The van der Waals surface area contributed by atoms with Gasteiger partial charge in [-0.1, -0.05) is 43.6 Å². The quantitative estimate of drug-likeness (QED) is 0.468. The molecule has 1 atom stereocenters. The fraction of sp³-hybridized carbons (Fsp3) is 0.318. The number of rotatable bonds is 9. The van der Waals surface area contributed by atoms with Gasteiger partial charge in [-0.2, -0.15) is 5.10 Å². The molecule has 0 aliphatic rings. The molecule has 160 valence electrons. The van der Waals surface area contributed by atoms with Gasteiger partial charge in [0, 0.05) is 5.56 Å². The molecule has 2 amide bonds. The summed E-state index contributed by atoms with van der Waals surface area (Å²) in [6, 6.07) is 11.2. The summed E-state index contributed by atoms with van der Waals surface area (Å²) in [4.78, 5) is 25.2. The Morgan fingerprint density at radius 1 is 1.17 bits per heavy atom. The smallest absolute Gasteiger partial charge is 0.262 e. The van der Waals surface area contributed by atoms with E-state index in [1.54, 1.807) is 49.6 Å². The molecule has 2 N–H and O–H groups in total. The van der Waals surface area contributed by atoms with Gasteiger partial charge >= 0.3 is 0 Å². The van der Waals surface area contributed by atoms with Crippen LogP contribution in [0.2, 0.25) is 5.02 Å². The van der Waals surface area contributed by atoms with Gasteiger partial charge in [0.2, 0.25) is 0 Å². The van der Waals surface area contributed by atoms with E-state index in [0.717, 1.165) is 0 Å². The Morgan fingerprint density at radius 2 is 1.90 bits per heavy atom. The zero-order valence-corrected chi connectivity index (χ0v) is 18.2. The number of ether oxygens (including phenoxy) is 2. The van der Waals surface area contributed by atoms with Gasteiger partial charge in [0.15, 0.2) is 11.5 Å². The van der Waals surface area contributed by atoms with Crippen LogP contribution in [0.1, 0.15) is 36.7 Å². The van der Waals surface area contributed by atoms with Crippen LogP contribution in [0.15, 0.2) is 47.6 Å². The predicted molar refractivity (Wildman–Crippen MR) is 117 cm³/mol. The van der Waals surface area contributed by atoms with Gasteiger partial charge in [0.05, 0.1) is 30.5 Å². The Balaban J connectivity index is 2.11. The predicted octanol–water partition coefficient (Wildman–Crippen LogP) is 3.65. The van der Waals surface area contributed by atoms with Crippen LogP contribution in [-0.2, 0) is 4.79 Å². The van der Waals surface area contributed by atoms with Crippen molar-refractivity contribution in [3.05, 3.63) is 58.6 Å². The van der Waals surface area contributed by atoms with Crippen molar-refractivity contribution in [3.8, 4) is 11.5 Å². The molecule has 0 aliphatic heterocycles.